The molecule has 102 valence electrons. The van der Waals surface area contributed by atoms with E-state index in [0.717, 1.165) is 30.0 Å². The van der Waals surface area contributed by atoms with Crippen molar-refractivity contribution in [3.05, 3.63) is 23.0 Å². The number of methoxy groups -OCH3 is 1. The number of carbonyl (C=O) groups is 1. The Labute approximate surface area is 115 Å². The molecule has 1 aliphatic heterocycles. The molecule has 1 saturated heterocycles. The molecule has 1 fully saturated rings. The number of likely N-dealkylation sites (tertiary alicyclic amines) is 1. The third-order valence-corrected chi connectivity index (χ3v) is 4.39. The zero-order chi connectivity index (χ0) is 13.4. The summed E-state index contributed by atoms with van der Waals surface area (Å²) < 4.78 is 7.11. The van der Waals surface area contributed by atoms with Gasteiger partial charge >= 0.3 is 0 Å². The number of aromatic nitrogens is 2. The molecule has 5 nitrogen and oxygen atoms in total. The van der Waals surface area contributed by atoms with Gasteiger partial charge in [-0.2, -0.15) is 0 Å². The Kier molecular flexibility index (Phi) is 3.28. The number of ether oxygens (including phenoxy) is 1. The molecular weight excluding hydrogens is 262 g/mol. The van der Waals surface area contributed by atoms with Gasteiger partial charge in [0.25, 0.3) is 5.91 Å². The summed E-state index contributed by atoms with van der Waals surface area (Å²) in [6.07, 6.45) is 3.98. The fraction of sp³-hybridized carbons (Fsp3) is 0.538. The highest BCUT2D eigenvalue weighted by Gasteiger charge is 2.32. The van der Waals surface area contributed by atoms with E-state index < -0.39 is 0 Å². The second-order valence-electron chi connectivity index (χ2n) is 4.85. The van der Waals surface area contributed by atoms with Crippen LogP contribution in [0.2, 0.25) is 0 Å². The van der Waals surface area contributed by atoms with Crippen LogP contribution >= 0.6 is 11.3 Å². The zero-order valence-electron chi connectivity index (χ0n) is 11.1. The molecule has 0 aromatic carbocycles. The quantitative estimate of drug-likeness (QED) is 0.863. The van der Waals surface area contributed by atoms with Gasteiger partial charge in [0.1, 0.15) is 5.69 Å². The summed E-state index contributed by atoms with van der Waals surface area (Å²) in [5, 5.41) is 1.95. The molecule has 1 atom stereocenters. The summed E-state index contributed by atoms with van der Waals surface area (Å²) in [7, 11) is 1.68. The lowest BCUT2D eigenvalue weighted by molar-refractivity contribution is 0.0623. The third-order valence-electron chi connectivity index (χ3n) is 3.64. The van der Waals surface area contributed by atoms with Crippen LogP contribution in [0.15, 0.2) is 11.6 Å². The van der Waals surface area contributed by atoms with E-state index in [1.165, 1.54) is 0 Å². The molecule has 0 spiro atoms. The molecule has 1 aliphatic rings. The van der Waals surface area contributed by atoms with Crippen LogP contribution in [-0.4, -0.2) is 46.5 Å². The second kappa shape index (κ2) is 4.94. The fourth-order valence-electron chi connectivity index (χ4n) is 2.76. The minimum absolute atomic E-state index is 0.0722. The van der Waals surface area contributed by atoms with Gasteiger partial charge in [0.05, 0.1) is 18.3 Å². The first-order valence-corrected chi connectivity index (χ1v) is 7.32. The molecule has 0 unspecified atom stereocenters. The fourth-order valence-corrected chi connectivity index (χ4v) is 3.52. The topological polar surface area (TPSA) is 46.8 Å². The molecule has 3 rings (SSSR count). The number of aryl methyl sites for hydroxylation is 1. The Morgan fingerprint density at radius 1 is 1.63 bits per heavy atom. The number of imidazole rings is 1. The van der Waals surface area contributed by atoms with Crippen molar-refractivity contribution in [2.75, 3.05) is 20.3 Å². The standard InChI is InChI=1S/C13H17N3O2S/c1-9-11(16-6-7-19-13(16)14-9)12(17)15-5-3-4-10(15)8-18-2/h6-7,10H,3-5,8H2,1-2H3/t10-/m1/s1. The van der Waals surface area contributed by atoms with E-state index in [2.05, 4.69) is 4.98 Å². The van der Waals surface area contributed by atoms with Gasteiger partial charge in [0.2, 0.25) is 0 Å². The van der Waals surface area contributed by atoms with Crippen LogP contribution < -0.4 is 0 Å². The number of hydrogen-bond acceptors (Lipinski definition) is 4. The molecule has 1 amide bonds. The molecule has 3 heterocycles. The summed E-state index contributed by atoms with van der Waals surface area (Å²) >= 11 is 1.55. The van der Waals surface area contributed by atoms with E-state index in [9.17, 15) is 4.79 Å². The van der Waals surface area contributed by atoms with Gasteiger partial charge in [-0.15, -0.1) is 11.3 Å². The molecule has 0 bridgehead atoms. The Morgan fingerprint density at radius 3 is 3.26 bits per heavy atom. The van der Waals surface area contributed by atoms with Crippen LogP contribution in [0.5, 0.6) is 0 Å². The van der Waals surface area contributed by atoms with E-state index in [1.807, 2.05) is 27.8 Å². The summed E-state index contributed by atoms with van der Waals surface area (Å²) in [4.78, 5) is 20.0. The van der Waals surface area contributed by atoms with E-state index in [4.69, 9.17) is 4.74 Å². The van der Waals surface area contributed by atoms with Crippen molar-refractivity contribution in [3.8, 4) is 0 Å². The Hall–Kier alpha value is -1.40. The average Bonchev–Trinajstić information content (AvgIpc) is 3.04. The van der Waals surface area contributed by atoms with E-state index in [0.29, 0.717) is 12.3 Å². The highest BCUT2D eigenvalue weighted by atomic mass is 32.1. The van der Waals surface area contributed by atoms with Crippen LogP contribution in [0.4, 0.5) is 0 Å². The minimum Gasteiger partial charge on any atom is -0.383 e. The molecule has 19 heavy (non-hydrogen) atoms. The lowest BCUT2D eigenvalue weighted by atomic mass is 10.2. The Balaban J connectivity index is 1.94. The van der Waals surface area contributed by atoms with Crippen LogP contribution in [0, 0.1) is 6.92 Å². The molecular formula is C13H17N3O2S. The molecule has 0 N–H and O–H groups in total. The highest BCUT2D eigenvalue weighted by molar-refractivity contribution is 7.15. The molecule has 0 aliphatic carbocycles. The predicted molar refractivity (Wildman–Crippen MR) is 73.7 cm³/mol. The van der Waals surface area contributed by atoms with Crippen molar-refractivity contribution < 1.29 is 9.53 Å². The van der Waals surface area contributed by atoms with Gasteiger partial charge in [0, 0.05) is 25.2 Å². The van der Waals surface area contributed by atoms with Crippen molar-refractivity contribution in [2.45, 2.75) is 25.8 Å². The Bertz CT molecular complexity index is 604. The van der Waals surface area contributed by atoms with Crippen LogP contribution in [0.25, 0.3) is 4.96 Å². The Morgan fingerprint density at radius 2 is 2.47 bits per heavy atom. The summed E-state index contributed by atoms with van der Waals surface area (Å²) in [6.45, 7) is 3.31. The molecule has 2 aromatic rings. The largest absolute Gasteiger partial charge is 0.383 e. The second-order valence-corrected chi connectivity index (χ2v) is 5.72. The van der Waals surface area contributed by atoms with Crippen LogP contribution in [0.3, 0.4) is 0 Å². The summed E-state index contributed by atoms with van der Waals surface area (Å²) in [6, 6.07) is 0.195. The maximum Gasteiger partial charge on any atom is 0.273 e. The van der Waals surface area contributed by atoms with Crippen molar-refractivity contribution in [2.24, 2.45) is 0 Å². The summed E-state index contributed by atoms with van der Waals surface area (Å²) in [5.74, 6) is 0.0722. The van der Waals surface area contributed by atoms with E-state index in [-0.39, 0.29) is 11.9 Å². The molecule has 0 radical (unpaired) electrons. The van der Waals surface area contributed by atoms with Crippen LogP contribution in [0.1, 0.15) is 29.0 Å². The third kappa shape index (κ3) is 2.04. The SMILES string of the molecule is COC[C@H]1CCCN1C(=O)c1c(C)nc2sccn12. The zero-order valence-corrected chi connectivity index (χ0v) is 11.9. The predicted octanol–water partition coefficient (Wildman–Crippen LogP) is 1.96. The minimum atomic E-state index is 0.0722. The van der Waals surface area contributed by atoms with Gasteiger partial charge in [-0.1, -0.05) is 0 Å². The lowest BCUT2D eigenvalue weighted by Crippen LogP contribution is -2.38. The maximum absolute atomic E-state index is 12.7. The number of carbonyl (C=O) groups excluding carboxylic acids is 1. The number of amides is 1. The maximum atomic E-state index is 12.7. The molecule has 0 saturated carbocycles. The molecule has 6 heteroatoms. The normalized spacial score (nSPS) is 19.5. The van der Waals surface area contributed by atoms with Gasteiger partial charge in [0.15, 0.2) is 4.96 Å². The first-order chi connectivity index (χ1) is 9.22. The first kappa shape index (κ1) is 12.6. The molecule has 2 aromatic heterocycles. The smallest absolute Gasteiger partial charge is 0.273 e. The lowest BCUT2D eigenvalue weighted by Gasteiger charge is -2.24. The van der Waals surface area contributed by atoms with Crippen molar-refractivity contribution in [1.82, 2.24) is 14.3 Å². The highest BCUT2D eigenvalue weighted by Crippen LogP contribution is 2.23. The van der Waals surface area contributed by atoms with E-state index >= 15 is 0 Å². The van der Waals surface area contributed by atoms with Gasteiger partial charge in [-0.3, -0.25) is 9.20 Å². The number of thiazole rings is 1. The van der Waals surface area contributed by atoms with Crippen molar-refractivity contribution in [3.63, 3.8) is 0 Å². The number of fused-ring (bicyclic) bond motifs is 1. The number of nitrogens with zero attached hydrogens (tertiary/aromatic N) is 3. The first-order valence-electron chi connectivity index (χ1n) is 6.44. The van der Waals surface area contributed by atoms with E-state index in [1.54, 1.807) is 18.4 Å². The van der Waals surface area contributed by atoms with Crippen molar-refractivity contribution >= 4 is 22.2 Å². The number of rotatable bonds is 3. The van der Waals surface area contributed by atoms with Crippen molar-refractivity contribution in [1.29, 1.82) is 0 Å². The monoisotopic (exact) mass is 279 g/mol. The average molecular weight is 279 g/mol. The summed E-state index contributed by atoms with van der Waals surface area (Å²) in [5.41, 5.74) is 1.50. The van der Waals surface area contributed by atoms with Gasteiger partial charge in [-0.05, 0) is 19.8 Å². The van der Waals surface area contributed by atoms with Gasteiger partial charge in [-0.25, -0.2) is 4.98 Å². The van der Waals surface area contributed by atoms with Crippen LogP contribution in [-0.2, 0) is 4.74 Å². The van der Waals surface area contributed by atoms with Gasteiger partial charge < -0.3 is 9.64 Å². The number of hydrogen-bond donors (Lipinski definition) is 0.